The molecule has 7 nitrogen and oxygen atoms in total. The number of fused-ring (bicyclic) bond motifs is 1. The molecule has 3 aromatic rings. The van der Waals surface area contributed by atoms with Crippen molar-refractivity contribution in [2.24, 2.45) is 0 Å². The van der Waals surface area contributed by atoms with Crippen LogP contribution in [0.25, 0.3) is 0 Å². The van der Waals surface area contributed by atoms with Crippen molar-refractivity contribution in [2.45, 2.75) is 43.6 Å². The summed E-state index contributed by atoms with van der Waals surface area (Å²) in [4.78, 5) is 0. The zero-order valence-corrected chi connectivity index (χ0v) is 20.8. The van der Waals surface area contributed by atoms with E-state index in [-0.39, 0.29) is 0 Å². The second-order valence-corrected chi connectivity index (χ2v) is 8.86. The molecule has 0 bridgehead atoms. The van der Waals surface area contributed by atoms with Gasteiger partial charge in [0.05, 0.1) is 26.9 Å². The Bertz CT molecular complexity index is 1110. The highest BCUT2D eigenvalue weighted by molar-refractivity contribution is 5.31. The van der Waals surface area contributed by atoms with Crippen LogP contribution in [0.15, 0.2) is 97.6 Å². The summed E-state index contributed by atoms with van der Waals surface area (Å²) >= 11 is 0. The van der Waals surface area contributed by atoms with E-state index in [9.17, 15) is 0 Å². The summed E-state index contributed by atoms with van der Waals surface area (Å²) in [6.45, 7) is 4.84. The first kappa shape index (κ1) is 25.4. The molecule has 7 heteroatoms. The molecule has 0 aliphatic carbocycles. The van der Waals surface area contributed by atoms with E-state index in [4.69, 9.17) is 33.2 Å². The quantitative estimate of drug-likeness (QED) is 0.357. The molecular weight excluding hydrogens is 472 g/mol. The van der Waals surface area contributed by atoms with Gasteiger partial charge in [0.1, 0.15) is 35.9 Å². The van der Waals surface area contributed by atoms with Gasteiger partial charge in [0.25, 0.3) is 0 Å². The normalized spacial score (nSPS) is 27.2. The highest BCUT2D eigenvalue weighted by Crippen LogP contribution is 2.37. The molecular formula is C30H32O7. The van der Waals surface area contributed by atoms with Crippen LogP contribution in [0.4, 0.5) is 0 Å². The molecule has 0 N–H and O–H groups in total. The van der Waals surface area contributed by atoms with Crippen LogP contribution >= 0.6 is 0 Å². The number of ether oxygens (including phenoxy) is 7. The molecule has 0 radical (unpaired) electrons. The van der Waals surface area contributed by atoms with Crippen molar-refractivity contribution >= 4 is 0 Å². The van der Waals surface area contributed by atoms with Crippen LogP contribution in [0.3, 0.4) is 0 Å². The lowest BCUT2D eigenvalue weighted by Gasteiger charge is -2.48. The predicted molar refractivity (Wildman–Crippen MR) is 137 cm³/mol. The molecule has 194 valence electrons. The van der Waals surface area contributed by atoms with Crippen LogP contribution in [-0.2, 0) is 30.3 Å². The van der Waals surface area contributed by atoms with Gasteiger partial charge < -0.3 is 33.2 Å². The summed E-state index contributed by atoms with van der Waals surface area (Å²) in [7, 11) is 1.63. The minimum absolute atomic E-state index is 0.325. The second kappa shape index (κ2) is 12.4. The van der Waals surface area contributed by atoms with Gasteiger partial charge >= 0.3 is 0 Å². The lowest BCUT2D eigenvalue weighted by molar-refractivity contribution is -0.359. The van der Waals surface area contributed by atoms with E-state index in [1.165, 1.54) is 0 Å². The maximum absolute atomic E-state index is 6.44. The van der Waals surface area contributed by atoms with Crippen LogP contribution in [0, 0.1) is 0 Å². The maximum Gasteiger partial charge on any atom is 0.229 e. The highest BCUT2D eigenvalue weighted by Gasteiger charge is 2.52. The van der Waals surface area contributed by atoms with Crippen molar-refractivity contribution in [3.8, 4) is 11.5 Å². The van der Waals surface area contributed by atoms with E-state index in [0.717, 1.165) is 16.9 Å². The Morgan fingerprint density at radius 2 is 1.54 bits per heavy atom. The summed E-state index contributed by atoms with van der Waals surface area (Å²) in [6.07, 6.45) is -1.49. The van der Waals surface area contributed by atoms with Crippen molar-refractivity contribution in [3.05, 3.63) is 109 Å². The minimum Gasteiger partial charge on any atom is -0.497 e. The van der Waals surface area contributed by atoms with Crippen molar-refractivity contribution < 1.29 is 33.2 Å². The van der Waals surface area contributed by atoms with Crippen LogP contribution in [0.1, 0.15) is 17.4 Å². The molecule has 0 saturated carbocycles. The smallest absolute Gasteiger partial charge is 0.229 e. The fraction of sp³-hybridized carbons (Fsp3) is 0.333. The third-order valence-electron chi connectivity index (χ3n) is 6.36. The van der Waals surface area contributed by atoms with E-state index in [0.29, 0.717) is 25.6 Å². The number of rotatable bonds is 10. The van der Waals surface area contributed by atoms with Gasteiger partial charge in [-0.2, -0.15) is 0 Å². The summed E-state index contributed by atoms with van der Waals surface area (Å²) in [5.41, 5.74) is 1.96. The summed E-state index contributed by atoms with van der Waals surface area (Å²) in [5.74, 6) is 1.36. The van der Waals surface area contributed by atoms with Gasteiger partial charge in [-0.05, 0) is 29.8 Å². The fourth-order valence-electron chi connectivity index (χ4n) is 4.52. The molecule has 0 spiro atoms. The first-order chi connectivity index (χ1) is 18.2. The van der Waals surface area contributed by atoms with Gasteiger partial charge in [0.2, 0.25) is 6.29 Å². The van der Waals surface area contributed by atoms with Crippen molar-refractivity contribution in [1.29, 1.82) is 0 Å². The number of methoxy groups -OCH3 is 1. The molecule has 2 saturated heterocycles. The third-order valence-corrected chi connectivity index (χ3v) is 6.36. The molecule has 0 amide bonds. The average molecular weight is 505 g/mol. The monoisotopic (exact) mass is 504 g/mol. The Balaban J connectivity index is 1.41. The largest absolute Gasteiger partial charge is 0.497 e. The van der Waals surface area contributed by atoms with Crippen LogP contribution < -0.4 is 9.47 Å². The van der Waals surface area contributed by atoms with E-state index in [1.807, 2.05) is 84.9 Å². The molecule has 1 unspecified atom stereocenters. The number of hydrogen-bond acceptors (Lipinski definition) is 7. The Kier molecular flexibility index (Phi) is 8.50. The Labute approximate surface area is 217 Å². The van der Waals surface area contributed by atoms with Gasteiger partial charge in [-0.15, -0.1) is 6.58 Å². The molecule has 5 rings (SSSR count). The molecule has 0 aromatic heterocycles. The minimum atomic E-state index is -0.756. The van der Waals surface area contributed by atoms with Crippen molar-refractivity contribution in [2.75, 3.05) is 20.3 Å². The van der Waals surface area contributed by atoms with Crippen molar-refractivity contribution in [1.82, 2.24) is 0 Å². The summed E-state index contributed by atoms with van der Waals surface area (Å²) in [6, 6.07) is 27.2. The first-order valence-corrected chi connectivity index (χ1v) is 12.4. The average Bonchev–Trinajstić information content (AvgIpc) is 2.96. The second-order valence-electron chi connectivity index (χ2n) is 8.86. The van der Waals surface area contributed by atoms with Crippen LogP contribution in [-0.4, -0.2) is 51.0 Å². The Morgan fingerprint density at radius 3 is 2.24 bits per heavy atom. The molecule has 2 aliphatic rings. The molecule has 3 aromatic carbocycles. The van der Waals surface area contributed by atoms with Gasteiger partial charge in [-0.3, -0.25) is 0 Å². The number of hydrogen-bond donors (Lipinski definition) is 0. The zero-order chi connectivity index (χ0) is 25.5. The van der Waals surface area contributed by atoms with Crippen LogP contribution in [0.5, 0.6) is 11.5 Å². The fourth-order valence-corrected chi connectivity index (χ4v) is 4.52. The Hall–Kier alpha value is -3.20. The summed E-state index contributed by atoms with van der Waals surface area (Å²) < 4.78 is 43.2. The summed E-state index contributed by atoms with van der Waals surface area (Å²) in [5, 5.41) is 0. The SMILES string of the molecule is C=CCO[C@H]1[C@H]2OC(c3ccccc3)OC[C@H]2O[C@@H](Oc2ccc(OC)cc2)[C@@H]1OCc1ccccc1. The molecule has 2 heterocycles. The third kappa shape index (κ3) is 6.21. The van der Waals surface area contributed by atoms with Gasteiger partial charge in [-0.25, -0.2) is 0 Å². The van der Waals surface area contributed by atoms with Gasteiger partial charge in [0, 0.05) is 5.56 Å². The van der Waals surface area contributed by atoms with E-state index < -0.39 is 37.0 Å². The molecule has 2 aliphatic heterocycles. The molecule has 37 heavy (non-hydrogen) atoms. The van der Waals surface area contributed by atoms with E-state index in [1.54, 1.807) is 13.2 Å². The van der Waals surface area contributed by atoms with E-state index >= 15 is 0 Å². The van der Waals surface area contributed by atoms with Crippen molar-refractivity contribution in [3.63, 3.8) is 0 Å². The van der Waals surface area contributed by atoms with Gasteiger partial charge in [0.15, 0.2) is 6.29 Å². The maximum atomic E-state index is 6.44. The lowest BCUT2D eigenvalue weighted by atomic mass is 9.97. The lowest BCUT2D eigenvalue weighted by Crippen LogP contribution is -2.64. The van der Waals surface area contributed by atoms with Crippen LogP contribution in [0.2, 0.25) is 0 Å². The molecule has 6 atom stereocenters. The molecule has 2 fully saturated rings. The first-order valence-electron chi connectivity index (χ1n) is 12.4. The number of benzene rings is 3. The van der Waals surface area contributed by atoms with E-state index in [2.05, 4.69) is 6.58 Å². The van der Waals surface area contributed by atoms with Gasteiger partial charge in [-0.1, -0.05) is 66.7 Å². The topological polar surface area (TPSA) is 64.6 Å². The Morgan fingerprint density at radius 1 is 0.838 bits per heavy atom. The zero-order valence-electron chi connectivity index (χ0n) is 20.8. The highest BCUT2D eigenvalue weighted by atomic mass is 16.8. The predicted octanol–water partition coefficient (Wildman–Crippen LogP) is 5.07. The standard InChI is InChI=1S/C30H32O7/c1-3-18-32-27-26-25(20-34-29(37-26)22-12-8-5-9-13-22)36-30(35-24-16-14-23(31-2)15-17-24)28(27)33-19-21-10-6-4-7-11-21/h3-17,25-30H,1,18-20H2,2H3/t25-,26+,27+,28-,29?,30-/m1/s1.